The number of fused-ring (bicyclic) bond motifs is 1. The van der Waals surface area contributed by atoms with Crippen LogP contribution in [0, 0.1) is 29.4 Å². The Kier molecular flexibility index (Phi) is 4.86. The van der Waals surface area contributed by atoms with Crippen LogP contribution in [0.1, 0.15) is 37.0 Å². The Morgan fingerprint density at radius 3 is 2.46 bits per heavy atom. The van der Waals surface area contributed by atoms with Gasteiger partial charge in [0.2, 0.25) is 0 Å². The van der Waals surface area contributed by atoms with Crippen molar-refractivity contribution in [2.75, 3.05) is 0 Å². The average molecular weight is 342 g/mol. The van der Waals surface area contributed by atoms with Gasteiger partial charge in [0.05, 0.1) is 17.3 Å². The van der Waals surface area contributed by atoms with E-state index in [-0.39, 0.29) is 5.56 Å². The Morgan fingerprint density at radius 1 is 1.04 bits per heavy atom. The average Bonchev–Trinajstić information content (AvgIpc) is 3.01. The van der Waals surface area contributed by atoms with Crippen molar-refractivity contribution >= 4 is 22.8 Å². The topological polar surface area (TPSA) is 25.8 Å². The van der Waals surface area contributed by atoms with Gasteiger partial charge in [-0.05, 0) is 48.2 Å². The summed E-state index contributed by atoms with van der Waals surface area (Å²) in [5.74, 6) is 4.57. The van der Waals surface area contributed by atoms with Crippen LogP contribution in [0.4, 0.5) is 8.78 Å². The first-order valence-corrected chi connectivity index (χ1v) is 8.52. The molecular formula is C19H16F2N2S. The zero-order valence-corrected chi connectivity index (χ0v) is 14.3. The van der Waals surface area contributed by atoms with Crippen molar-refractivity contribution in [1.82, 2.24) is 8.75 Å². The number of halogens is 2. The monoisotopic (exact) mass is 342 g/mol. The summed E-state index contributed by atoms with van der Waals surface area (Å²) in [6, 6.07) is 8.09. The minimum Gasteiger partial charge on any atom is -0.206 e. The fourth-order valence-corrected chi connectivity index (χ4v) is 2.92. The molecule has 1 aromatic heterocycles. The van der Waals surface area contributed by atoms with Gasteiger partial charge in [-0.15, -0.1) is 0 Å². The zero-order valence-electron chi connectivity index (χ0n) is 13.4. The van der Waals surface area contributed by atoms with E-state index in [2.05, 4.69) is 34.4 Å². The largest absolute Gasteiger partial charge is 0.206 e. The van der Waals surface area contributed by atoms with Crippen LogP contribution >= 0.6 is 11.7 Å². The lowest BCUT2D eigenvalue weighted by molar-refractivity contribution is 0.542. The molecule has 122 valence electrons. The molecule has 0 amide bonds. The zero-order chi connectivity index (χ0) is 17.1. The summed E-state index contributed by atoms with van der Waals surface area (Å²) in [7, 11) is 0. The van der Waals surface area contributed by atoms with E-state index in [4.69, 9.17) is 0 Å². The molecule has 0 bridgehead atoms. The number of rotatable bonds is 3. The van der Waals surface area contributed by atoms with Crippen LogP contribution in [0.25, 0.3) is 11.0 Å². The van der Waals surface area contributed by atoms with Gasteiger partial charge >= 0.3 is 0 Å². The molecule has 2 nitrogen and oxygen atoms in total. The van der Waals surface area contributed by atoms with Crippen LogP contribution < -0.4 is 0 Å². The summed E-state index contributed by atoms with van der Waals surface area (Å²) in [6.45, 7) is 4.12. The van der Waals surface area contributed by atoms with Gasteiger partial charge < -0.3 is 0 Å². The molecule has 0 aliphatic heterocycles. The van der Waals surface area contributed by atoms with Gasteiger partial charge in [0.25, 0.3) is 0 Å². The van der Waals surface area contributed by atoms with Gasteiger partial charge in [-0.3, -0.25) is 0 Å². The molecule has 0 fully saturated rings. The van der Waals surface area contributed by atoms with Gasteiger partial charge in [-0.1, -0.05) is 32.1 Å². The number of hydrogen-bond acceptors (Lipinski definition) is 3. The molecule has 5 heteroatoms. The summed E-state index contributed by atoms with van der Waals surface area (Å²) >= 11 is 1.12. The van der Waals surface area contributed by atoms with Crippen molar-refractivity contribution in [2.24, 2.45) is 5.92 Å². The lowest BCUT2D eigenvalue weighted by Gasteiger charge is -2.09. The number of hydrogen-bond donors (Lipinski definition) is 0. The van der Waals surface area contributed by atoms with Crippen molar-refractivity contribution in [1.29, 1.82) is 0 Å². The van der Waals surface area contributed by atoms with Crippen LogP contribution in [0.3, 0.4) is 0 Å². The summed E-state index contributed by atoms with van der Waals surface area (Å²) in [5, 5.41) is 0. The Balaban J connectivity index is 1.90. The molecule has 1 atom stereocenters. The summed E-state index contributed by atoms with van der Waals surface area (Å²) < 4.78 is 36.7. The van der Waals surface area contributed by atoms with Gasteiger partial charge in [0.15, 0.2) is 0 Å². The highest BCUT2D eigenvalue weighted by atomic mass is 32.1. The molecule has 0 saturated heterocycles. The molecule has 1 unspecified atom stereocenters. The van der Waals surface area contributed by atoms with E-state index in [0.717, 1.165) is 29.2 Å². The number of benzene rings is 2. The number of nitrogens with zero attached hydrogens (tertiary/aromatic N) is 2. The van der Waals surface area contributed by atoms with Crippen LogP contribution in [-0.4, -0.2) is 8.75 Å². The van der Waals surface area contributed by atoms with E-state index in [9.17, 15) is 8.78 Å². The summed E-state index contributed by atoms with van der Waals surface area (Å²) in [4.78, 5) is 0. The quantitative estimate of drug-likeness (QED) is 0.629. The number of aromatic nitrogens is 2. The molecule has 0 aliphatic rings. The highest BCUT2D eigenvalue weighted by Crippen LogP contribution is 2.19. The van der Waals surface area contributed by atoms with Crippen molar-refractivity contribution in [3.8, 4) is 11.8 Å². The van der Waals surface area contributed by atoms with Crippen LogP contribution in [0.15, 0.2) is 30.3 Å². The molecule has 1 heterocycles. The van der Waals surface area contributed by atoms with Crippen LogP contribution in [0.5, 0.6) is 0 Å². The maximum absolute atomic E-state index is 14.2. The predicted molar refractivity (Wildman–Crippen MR) is 92.9 cm³/mol. The van der Waals surface area contributed by atoms with Gasteiger partial charge in [0, 0.05) is 5.56 Å². The lowest BCUT2D eigenvalue weighted by Crippen LogP contribution is -2.01. The second kappa shape index (κ2) is 7.06. The molecule has 0 saturated carbocycles. The molecule has 0 N–H and O–H groups in total. The third-order valence-corrected chi connectivity index (χ3v) is 4.53. The maximum Gasteiger partial charge on any atom is 0.142 e. The molecule has 24 heavy (non-hydrogen) atoms. The van der Waals surface area contributed by atoms with Crippen LogP contribution in [-0.2, 0) is 6.42 Å². The second-order valence-electron chi connectivity index (χ2n) is 5.87. The molecule has 0 aliphatic carbocycles. The van der Waals surface area contributed by atoms with E-state index >= 15 is 0 Å². The van der Waals surface area contributed by atoms with E-state index in [1.54, 1.807) is 18.2 Å². The van der Waals surface area contributed by atoms with Gasteiger partial charge in [-0.2, -0.15) is 8.75 Å². The third-order valence-electron chi connectivity index (χ3n) is 3.97. The smallest absolute Gasteiger partial charge is 0.142 e. The van der Waals surface area contributed by atoms with E-state index in [0.29, 0.717) is 23.5 Å². The fourth-order valence-electron chi connectivity index (χ4n) is 2.40. The Hall–Kier alpha value is -2.32. The molecule has 0 radical (unpaired) electrons. The highest BCUT2D eigenvalue weighted by molar-refractivity contribution is 7.00. The Labute approximate surface area is 143 Å². The summed E-state index contributed by atoms with van der Waals surface area (Å²) in [5.41, 5.74) is 2.64. The lowest BCUT2D eigenvalue weighted by atomic mass is 9.97. The molecule has 2 aromatic carbocycles. The Bertz CT molecular complexity index is 914. The van der Waals surface area contributed by atoms with E-state index < -0.39 is 11.6 Å². The predicted octanol–water partition coefficient (Wildman–Crippen LogP) is 4.96. The standard InChI is InChI=1S/C19H16F2N2S/c1-3-12(2)8-14-9-16(20)15(17(21)10-14)6-4-13-5-7-18-19(11-13)23-24-22-18/h5,7,9-12H,3,8H2,1-2H3. The molecule has 3 rings (SSSR count). The van der Waals surface area contributed by atoms with Crippen molar-refractivity contribution in [3.05, 3.63) is 58.7 Å². The van der Waals surface area contributed by atoms with Crippen molar-refractivity contribution < 1.29 is 8.78 Å². The first-order chi connectivity index (χ1) is 11.6. The van der Waals surface area contributed by atoms with Crippen molar-refractivity contribution in [2.45, 2.75) is 26.7 Å². The van der Waals surface area contributed by atoms with Crippen LogP contribution in [0.2, 0.25) is 0 Å². The normalized spacial score (nSPS) is 12.0. The third kappa shape index (κ3) is 3.60. The van der Waals surface area contributed by atoms with Gasteiger partial charge in [0.1, 0.15) is 22.7 Å². The van der Waals surface area contributed by atoms with E-state index in [1.807, 2.05) is 0 Å². The molecule has 3 aromatic rings. The Morgan fingerprint density at radius 2 is 1.75 bits per heavy atom. The second-order valence-corrected chi connectivity index (χ2v) is 6.40. The first-order valence-electron chi connectivity index (χ1n) is 7.79. The highest BCUT2D eigenvalue weighted by Gasteiger charge is 2.11. The van der Waals surface area contributed by atoms with Crippen molar-refractivity contribution in [3.63, 3.8) is 0 Å². The minimum atomic E-state index is -0.614. The maximum atomic E-state index is 14.2. The summed E-state index contributed by atoms with van der Waals surface area (Å²) in [6.07, 6.45) is 1.63. The van der Waals surface area contributed by atoms with E-state index in [1.165, 1.54) is 12.1 Å². The fraction of sp³-hybridized carbons (Fsp3) is 0.263. The minimum absolute atomic E-state index is 0.195. The SMILES string of the molecule is CCC(C)Cc1cc(F)c(C#Cc2ccc3nsnc3c2)c(F)c1. The van der Waals surface area contributed by atoms with Gasteiger partial charge in [-0.25, -0.2) is 8.78 Å². The first kappa shape index (κ1) is 16.5. The molecular weight excluding hydrogens is 326 g/mol. The molecule has 0 spiro atoms.